The molecule has 0 amide bonds. The minimum atomic E-state index is -1.04. The smallest absolute Gasteiger partial charge is 0.346 e. The number of aliphatic hydroxyl groups excluding tert-OH is 2. The molecule has 2 atom stereocenters. The maximum absolute atomic E-state index is 13.8. The zero-order valence-corrected chi connectivity index (χ0v) is 16.1. The van der Waals surface area contributed by atoms with Gasteiger partial charge in [-0.2, -0.15) is 0 Å². The lowest BCUT2D eigenvalue weighted by molar-refractivity contribution is 0.0438. The summed E-state index contributed by atoms with van der Waals surface area (Å²) in [5.41, 5.74) is 0.956. The SMILES string of the molecule is Cc1c(C(=O)O)sc2ncnc(Nc3ccc(F)cc3OC3CC(O)C(O)C3)c12. The molecule has 2 heterocycles. The molecule has 152 valence electrons. The molecule has 1 aliphatic rings. The number of hydrogen-bond donors (Lipinski definition) is 4. The number of thiophene rings is 1. The van der Waals surface area contributed by atoms with Gasteiger partial charge in [-0.15, -0.1) is 11.3 Å². The number of aromatic nitrogens is 2. The number of aliphatic hydroxyl groups is 2. The van der Waals surface area contributed by atoms with Gasteiger partial charge in [-0.05, 0) is 24.6 Å². The molecule has 0 saturated heterocycles. The molecule has 1 saturated carbocycles. The van der Waals surface area contributed by atoms with Gasteiger partial charge in [0.1, 0.15) is 39.5 Å². The third kappa shape index (κ3) is 3.74. The largest absolute Gasteiger partial charge is 0.488 e. The second-order valence-corrected chi connectivity index (χ2v) is 7.87. The van der Waals surface area contributed by atoms with Gasteiger partial charge < -0.3 is 25.4 Å². The van der Waals surface area contributed by atoms with Crippen molar-refractivity contribution in [1.29, 1.82) is 0 Å². The minimum Gasteiger partial charge on any atom is -0.488 e. The number of carboxylic acids is 1. The Bertz CT molecular complexity index is 1080. The summed E-state index contributed by atoms with van der Waals surface area (Å²) in [6.07, 6.45) is -0.431. The second kappa shape index (κ2) is 7.54. The van der Waals surface area contributed by atoms with Crippen molar-refractivity contribution in [1.82, 2.24) is 9.97 Å². The summed E-state index contributed by atoms with van der Waals surface area (Å²) >= 11 is 1.05. The van der Waals surface area contributed by atoms with Gasteiger partial charge in [0, 0.05) is 18.9 Å². The van der Waals surface area contributed by atoms with Crippen molar-refractivity contribution in [3.05, 3.63) is 40.8 Å². The van der Waals surface area contributed by atoms with Crippen molar-refractivity contribution < 1.29 is 29.2 Å². The molecular weight excluding hydrogens is 401 g/mol. The molecular formula is C19H18FN3O5S. The number of rotatable bonds is 5. The molecule has 0 bridgehead atoms. The fourth-order valence-electron chi connectivity index (χ4n) is 3.42. The molecule has 1 aromatic carbocycles. The molecule has 0 spiro atoms. The van der Waals surface area contributed by atoms with Crippen molar-refractivity contribution in [2.45, 2.75) is 38.1 Å². The summed E-state index contributed by atoms with van der Waals surface area (Å²) in [4.78, 5) is 20.5. The fraction of sp³-hybridized carbons (Fsp3) is 0.316. The first-order valence-corrected chi connectivity index (χ1v) is 9.72. The van der Waals surface area contributed by atoms with Crippen LogP contribution in [0.1, 0.15) is 28.1 Å². The molecule has 3 aromatic rings. The van der Waals surface area contributed by atoms with Gasteiger partial charge in [0.15, 0.2) is 0 Å². The van der Waals surface area contributed by atoms with Crippen LogP contribution in [0.3, 0.4) is 0 Å². The number of halogens is 1. The van der Waals surface area contributed by atoms with Gasteiger partial charge in [0.05, 0.1) is 23.3 Å². The number of anilines is 2. The number of carboxylic acid groups (broad SMARTS) is 1. The van der Waals surface area contributed by atoms with Crippen LogP contribution in [0.25, 0.3) is 10.2 Å². The molecule has 8 nitrogen and oxygen atoms in total. The summed E-state index contributed by atoms with van der Waals surface area (Å²) in [6, 6.07) is 3.95. The van der Waals surface area contributed by atoms with E-state index in [0.29, 0.717) is 27.3 Å². The quantitative estimate of drug-likeness (QED) is 0.498. The average molecular weight is 419 g/mol. The van der Waals surface area contributed by atoms with Crippen LogP contribution in [-0.4, -0.2) is 49.6 Å². The molecule has 29 heavy (non-hydrogen) atoms. The molecule has 1 fully saturated rings. The Labute approximate surface area is 168 Å². The number of nitrogens with zero attached hydrogens (tertiary/aromatic N) is 2. The maximum atomic E-state index is 13.8. The third-order valence-corrected chi connectivity index (χ3v) is 6.05. The zero-order valence-electron chi connectivity index (χ0n) is 15.3. The Morgan fingerprint density at radius 3 is 2.69 bits per heavy atom. The van der Waals surface area contributed by atoms with Crippen LogP contribution >= 0.6 is 11.3 Å². The predicted octanol–water partition coefficient (Wildman–Crippen LogP) is 2.84. The summed E-state index contributed by atoms with van der Waals surface area (Å²) < 4.78 is 19.7. The van der Waals surface area contributed by atoms with E-state index in [1.165, 1.54) is 24.5 Å². The van der Waals surface area contributed by atoms with E-state index in [1.54, 1.807) is 6.92 Å². The van der Waals surface area contributed by atoms with Crippen LogP contribution in [0, 0.1) is 12.7 Å². The highest BCUT2D eigenvalue weighted by molar-refractivity contribution is 7.20. The monoisotopic (exact) mass is 419 g/mol. The van der Waals surface area contributed by atoms with Gasteiger partial charge in [0.2, 0.25) is 0 Å². The van der Waals surface area contributed by atoms with Gasteiger partial charge >= 0.3 is 5.97 Å². The Morgan fingerprint density at radius 1 is 1.28 bits per heavy atom. The van der Waals surface area contributed by atoms with Crippen molar-refractivity contribution in [3.8, 4) is 5.75 Å². The molecule has 10 heteroatoms. The summed E-state index contributed by atoms with van der Waals surface area (Å²) in [5.74, 6) is -0.966. The lowest BCUT2D eigenvalue weighted by Gasteiger charge is -2.17. The average Bonchev–Trinajstić information content (AvgIpc) is 3.17. The molecule has 2 unspecified atom stereocenters. The molecule has 1 aliphatic carbocycles. The fourth-order valence-corrected chi connectivity index (χ4v) is 4.41. The topological polar surface area (TPSA) is 125 Å². The summed E-state index contributed by atoms with van der Waals surface area (Å²) in [6.45, 7) is 1.68. The second-order valence-electron chi connectivity index (χ2n) is 6.88. The number of ether oxygens (including phenoxy) is 1. The molecule has 4 N–H and O–H groups in total. The highest BCUT2D eigenvalue weighted by Gasteiger charge is 2.33. The summed E-state index contributed by atoms with van der Waals surface area (Å²) in [5, 5.41) is 32.4. The van der Waals surface area contributed by atoms with E-state index < -0.39 is 30.1 Å². The highest BCUT2D eigenvalue weighted by atomic mass is 32.1. The van der Waals surface area contributed by atoms with Crippen LogP contribution in [-0.2, 0) is 0 Å². The van der Waals surface area contributed by atoms with E-state index in [4.69, 9.17) is 4.74 Å². The van der Waals surface area contributed by atoms with Crippen LogP contribution in [0.4, 0.5) is 15.9 Å². The van der Waals surface area contributed by atoms with Crippen molar-refractivity contribution in [2.24, 2.45) is 0 Å². The molecule has 0 aliphatic heterocycles. The lowest BCUT2D eigenvalue weighted by atomic mass is 10.2. The van der Waals surface area contributed by atoms with E-state index in [1.807, 2.05) is 0 Å². The first kappa shape index (κ1) is 19.5. The number of nitrogens with one attached hydrogen (secondary N) is 1. The van der Waals surface area contributed by atoms with Gasteiger partial charge in [0.25, 0.3) is 0 Å². The Balaban J connectivity index is 1.69. The summed E-state index contributed by atoms with van der Waals surface area (Å²) in [7, 11) is 0. The molecule has 0 radical (unpaired) electrons. The number of aromatic carboxylic acids is 1. The van der Waals surface area contributed by atoms with Gasteiger partial charge in [-0.3, -0.25) is 0 Å². The predicted molar refractivity (Wildman–Crippen MR) is 104 cm³/mol. The number of aryl methyl sites for hydroxylation is 1. The van der Waals surface area contributed by atoms with Crippen molar-refractivity contribution >= 4 is 39.0 Å². The van der Waals surface area contributed by atoms with E-state index >= 15 is 0 Å². The third-order valence-electron chi connectivity index (χ3n) is 4.86. The number of fused-ring (bicyclic) bond motifs is 1. The van der Waals surface area contributed by atoms with E-state index in [2.05, 4.69) is 15.3 Å². The minimum absolute atomic E-state index is 0.174. The van der Waals surface area contributed by atoms with Gasteiger partial charge in [-0.1, -0.05) is 0 Å². The number of benzene rings is 1. The van der Waals surface area contributed by atoms with Crippen molar-refractivity contribution in [3.63, 3.8) is 0 Å². The van der Waals surface area contributed by atoms with Crippen LogP contribution in [0.5, 0.6) is 5.75 Å². The standard InChI is InChI=1S/C19H18FN3O5S/c1-8-15-17(21-7-22-18(15)29-16(8)19(26)27)23-11-3-2-9(20)4-14(11)28-10-5-12(24)13(25)6-10/h2-4,7,10,12-13,24-25H,5-6H2,1H3,(H,26,27)(H,21,22,23). The first-order chi connectivity index (χ1) is 13.8. The first-order valence-electron chi connectivity index (χ1n) is 8.90. The van der Waals surface area contributed by atoms with Crippen LogP contribution < -0.4 is 10.1 Å². The van der Waals surface area contributed by atoms with Crippen LogP contribution in [0.2, 0.25) is 0 Å². The van der Waals surface area contributed by atoms with Crippen molar-refractivity contribution in [2.75, 3.05) is 5.32 Å². The molecule has 4 rings (SSSR count). The highest BCUT2D eigenvalue weighted by Crippen LogP contribution is 2.37. The Hall–Kier alpha value is -2.82. The molecule has 2 aromatic heterocycles. The zero-order chi connectivity index (χ0) is 20.7. The van der Waals surface area contributed by atoms with Gasteiger partial charge in [-0.25, -0.2) is 19.2 Å². The lowest BCUT2D eigenvalue weighted by Crippen LogP contribution is -2.17. The van der Waals surface area contributed by atoms with E-state index in [-0.39, 0.29) is 23.5 Å². The van der Waals surface area contributed by atoms with E-state index in [9.17, 15) is 24.5 Å². The normalized spacial score (nSPS) is 21.4. The van der Waals surface area contributed by atoms with E-state index in [0.717, 1.165) is 11.3 Å². The maximum Gasteiger partial charge on any atom is 0.346 e. The Kier molecular flexibility index (Phi) is 5.07. The Morgan fingerprint density at radius 2 is 2.00 bits per heavy atom. The number of hydrogen-bond acceptors (Lipinski definition) is 8. The van der Waals surface area contributed by atoms with Crippen LogP contribution in [0.15, 0.2) is 24.5 Å². The number of carbonyl (C=O) groups is 1.